The summed E-state index contributed by atoms with van der Waals surface area (Å²) in [5, 5.41) is 4.03. The summed E-state index contributed by atoms with van der Waals surface area (Å²) in [7, 11) is 0. The number of hydrazone groups is 1. The lowest BCUT2D eigenvalue weighted by atomic mass is 10.2. The summed E-state index contributed by atoms with van der Waals surface area (Å²) in [5.41, 5.74) is 4.12. The molecule has 0 aliphatic carbocycles. The van der Waals surface area contributed by atoms with Crippen LogP contribution < -0.4 is 5.43 Å². The molecule has 0 aliphatic heterocycles. The third-order valence-electron chi connectivity index (χ3n) is 2.22. The van der Waals surface area contributed by atoms with Gasteiger partial charge in [-0.3, -0.25) is 9.78 Å². The van der Waals surface area contributed by atoms with Gasteiger partial charge in [0.2, 0.25) is 0 Å². The van der Waals surface area contributed by atoms with Crippen LogP contribution in [0.2, 0.25) is 4.34 Å². The first kappa shape index (κ1) is 12.7. The van der Waals surface area contributed by atoms with Gasteiger partial charge < -0.3 is 0 Å². The summed E-state index contributed by atoms with van der Waals surface area (Å²) in [6.07, 6.45) is 3.35. The second kappa shape index (κ2) is 5.75. The lowest BCUT2D eigenvalue weighted by molar-refractivity contribution is 0.0959. The molecule has 0 saturated heterocycles. The number of pyridine rings is 1. The van der Waals surface area contributed by atoms with Crippen molar-refractivity contribution in [2.24, 2.45) is 5.10 Å². The molecule has 18 heavy (non-hydrogen) atoms. The largest absolute Gasteiger partial charge is 0.281 e. The molecule has 1 amide bonds. The summed E-state index contributed by atoms with van der Waals surface area (Å²) in [6.45, 7) is 1.82. The van der Waals surface area contributed by atoms with Crippen molar-refractivity contribution in [3.63, 3.8) is 0 Å². The highest BCUT2D eigenvalue weighted by Crippen LogP contribution is 2.21. The monoisotopic (exact) mass is 279 g/mol. The van der Waals surface area contributed by atoms with E-state index in [1.54, 1.807) is 24.5 Å². The average molecular weight is 280 g/mol. The molecular weight excluding hydrogens is 270 g/mol. The zero-order valence-electron chi connectivity index (χ0n) is 9.55. The Kier molecular flexibility index (Phi) is 4.07. The predicted molar refractivity (Wildman–Crippen MR) is 73.2 cm³/mol. The number of thiophene rings is 1. The van der Waals surface area contributed by atoms with Gasteiger partial charge in [0.15, 0.2) is 0 Å². The number of hydrogen-bond donors (Lipinski definition) is 1. The second-order valence-electron chi connectivity index (χ2n) is 3.48. The molecule has 0 atom stereocenters. The molecule has 0 fully saturated rings. The number of rotatable bonds is 3. The molecule has 0 aliphatic rings. The number of carbonyl (C=O) groups is 1. The van der Waals surface area contributed by atoms with E-state index in [1.807, 2.05) is 19.1 Å². The van der Waals surface area contributed by atoms with Gasteiger partial charge in [-0.2, -0.15) is 5.10 Å². The van der Waals surface area contributed by atoms with E-state index in [-0.39, 0.29) is 5.91 Å². The van der Waals surface area contributed by atoms with E-state index >= 15 is 0 Å². The lowest BCUT2D eigenvalue weighted by Crippen LogP contribution is -2.18. The topological polar surface area (TPSA) is 54.4 Å². The minimum absolute atomic E-state index is 0.264. The maximum absolute atomic E-state index is 11.7. The van der Waals surface area contributed by atoms with Crippen molar-refractivity contribution < 1.29 is 4.79 Å². The van der Waals surface area contributed by atoms with Gasteiger partial charge in [-0.1, -0.05) is 11.6 Å². The van der Waals surface area contributed by atoms with E-state index in [4.69, 9.17) is 11.6 Å². The Morgan fingerprint density at radius 1 is 1.33 bits per heavy atom. The van der Waals surface area contributed by atoms with E-state index < -0.39 is 0 Å². The zero-order valence-corrected chi connectivity index (χ0v) is 11.1. The van der Waals surface area contributed by atoms with Crippen molar-refractivity contribution in [2.75, 3.05) is 0 Å². The fraction of sp³-hybridized carbons (Fsp3) is 0.0833. The van der Waals surface area contributed by atoms with Crippen molar-refractivity contribution >= 4 is 34.6 Å². The number of hydrogen-bond acceptors (Lipinski definition) is 4. The van der Waals surface area contributed by atoms with Crippen LogP contribution in [0.3, 0.4) is 0 Å². The predicted octanol–water partition coefficient (Wildman–Crippen LogP) is 2.95. The Hall–Kier alpha value is -1.72. The van der Waals surface area contributed by atoms with Crippen LogP contribution >= 0.6 is 22.9 Å². The van der Waals surface area contributed by atoms with Crippen molar-refractivity contribution in [1.29, 1.82) is 0 Å². The van der Waals surface area contributed by atoms with Crippen LogP contribution in [-0.2, 0) is 0 Å². The van der Waals surface area contributed by atoms with Crippen molar-refractivity contribution in [1.82, 2.24) is 10.4 Å². The summed E-state index contributed by atoms with van der Waals surface area (Å²) in [6, 6.07) is 7.00. The van der Waals surface area contributed by atoms with E-state index in [0.717, 1.165) is 5.56 Å². The van der Waals surface area contributed by atoms with Crippen molar-refractivity contribution in [3.8, 4) is 0 Å². The van der Waals surface area contributed by atoms with Crippen LogP contribution in [0.4, 0.5) is 0 Å². The van der Waals surface area contributed by atoms with Gasteiger partial charge in [0.25, 0.3) is 5.91 Å². The molecule has 2 heterocycles. The standard InChI is InChI=1S/C12H10ClN3OS/c1-8(9-4-6-14-7-5-9)15-16-12(17)10-2-3-11(13)18-10/h2-7H,1H3,(H,16,17). The van der Waals surface area contributed by atoms with Crippen LogP contribution in [0.15, 0.2) is 41.8 Å². The Morgan fingerprint density at radius 3 is 2.67 bits per heavy atom. The molecule has 2 aromatic heterocycles. The number of nitrogens with zero attached hydrogens (tertiary/aromatic N) is 2. The SMILES string of the molecule is CC(=NNC(=O)c1ccc(Cl)s1)c1ccncc1. The van der Waals surface area contributed by atoms with E-state index in [0.29, 0.717) is 14.9 Å². The zero-order chi connectivity index (χ0) is 13.0. The Morgan fingerprint density at radius 2 is 2.06 bits per heavy atom. The summed E-state index contributed by atoms with van der Waals surface area (Å²) < 4.78 is 0.579. The molecule has 4 nitrogen and oxygen atoms in total. The Labute approximate surface area is 113 Å². The molecule has 0 radical (unpaired) electrons. The highest BCUT2D eigenvalue weighted by molar-refractivity contribution is 7.17. The van der Waals surface area contributed by atoms with Gasteiger partial charge in [0, 0.05) is 18.0 Å². The quantitative estimate of drug-likeness (QED) is 0.694. The molecule has 6 heteroatoms. The third kappa shape index (κ3) is 3.15. The second-order valence-corrected chi connectivity index (χ2v) is 5.19. The molecule has 0 bridgehead atoms. The molecule has 0 aromatic carbocycles. The van der Waals surface area contributed by atoms with E-state index in [2.05, 4.69) is 15.5 Å². The number of halogens is 1. The minimum Gasteiger partial charge on any atom is -0.266 e. The van der Waals surface area contributed by atoms with Crippen LogP contribution in [0, 0.1) is 0 Å². The molecule has 0 unspecified atom stereocenters. The third-order valence-corrected chi connectivity index (χ3v) is 3.45. The summed E-state index contributed by atoms with van der Waals surface area (Å²) in [5.74, 6) is -0.264. The van der Waals surface area contributed by atoms with Gasteiger partial charge in [-0.05, 0) is 31.2 Å². The summed E-state index contributed by atoms with van der Waals surface area (Å²) in [4.78, 5) is 16.2. The molecule has 92 valence electrons. The van der Waals surface area contributed by atoms with Gasteiger partial charge >= 0.3 is 0 Å². The van der Waals surface area contributed by atoms with Crippen LogP contribution in [-0.4, -0.2) is 16.6 Å². The fourth-order valence-electron chi connectivity index (χ4n) is 1.28. The fourth-order valence-corrected chi connectivity index (χ4v) is 2.22. The number of nitrogens with one attached hydrogen (secondary N) is 1. The Bertz CT molecular complexity index is 580. The van der Waals surface area contributed by atoms with Gasteiger partial charge in [-0.15, -0.1) is 11.3 Å². The normalized spacial score (nSPS) is 11.3. The Balaban J connectivity index is 2.05. The van der Waals surface area contributed by atoms with Crippen LogP contribution in [0.25, 0.3) is 0 Å². The van der Waals surface area contributed by atoms with E-state index in [9.17, 15) is 4.79 Å². The highest BCUT2D eigenvalue weighted by atomic mass is 35.5. The first-order chi connectivity index (χ1) is 8.66. The number of amides is 1. The smallest absolute Gasteiger partial charge is 0.266 e. The maximum Gasteiger partial charge on any atom is 0.281 e. The number of carbonyl (C=O) groups excluding carboxylic acids is 1. The van der Waals surface area contributed by atoms with Gasteiger partial charge in [0.05, 0.1) is 14.9 Å². The van der Waals surface area contributed by atoms with E-state index in [1.165, 1.54) is 11.3 Å². The number of aromatic nitrogens is 1. The first-order valence-corrected chi connectivity index (χ1v) is 6.36. The molecular formula is C12H10ClN3OS. The molecule has 0 spiro atoms. The van der Waals surface area contributed by atoms with Gasteiger partial charge in [-0.25, -0.2) is 5.43 Å². The van der Waals surface area contributed by atoms with Crippen molar-refractivity contribution in [2.45, 2.75) is 6.92 Å². The average Bonchev–Trinajstić information content (AvgIpc) is 2.83. The maximum atomic E-state index is 11.7. The lowest BCUT2D eigenvalue weighted by Gasteiger charge is -2.00. The molecule has 2 aromatic rings. The van der Waals surface area contributed by atoms with Gasteiger partial charge in [0.1, 0.15) is 0 Å². The highest BCUT2D eigenvalue weighted by Gasteiger charge is 2.07. The summed E-state index contributed by atoms with van der Waals surface area (Å²) >= 11 is 6.98. The van der Waals surface area contributed by atoms with Crippen LogP contribution in [0.5, 0.6) is 0 Å². The van der Waals surface area contributed by atoms with Crippen LogP contribution in [0.1, 0.15) is 22.2 Å². The van der Waals surface area contributed by atoms with Crippen molar-refractivity contribution in [3.05, 3.63) is 51.4 Å². The molecule has 1 N–H and O–H groups in total. The minimum atomic E-state index is -0.264. The molecule has 0 saturated carbocycles. The first-order valence-electron chi connectivity index (χ1n) is 5.17. The molecule has 2 rings (SSSR count).